The number of aromatic hydroxyl groups is 1. The number of carbonyl (C=O) groups is 2. The number of fused-ring (bicyclic) bond motifs is 1. The number of hydrogen-bond acceptors (Lipinski definition) is 5. The number of benzene rings is 2. The lowest BCUT2D eigenvalue weighted by molar-refractivity contribution is 0.0946. The number of phenolic OH excluding ortho intramolecular Hbond substituents is 1. The SMILES string of the molecule is O=C1C(N2CCN(c3ccc(F)cc3)CC2)=CC(=O)c2c(O)cccc21. The molecule has 5 nitrogen and oxygen atoms in total. The first-order valence-electron chi connectivity index (χ1n) is 8.43. The fourth-order valence-electron chi connectivity index (χ4n) is 3.48. The minimum atomic E-state index is -0.353. The fraction of sp³-hybridized carbons (Fsp3) is 0.200. The first-order chi connectivity index (χ1) is 12.5. The van der Waals surface area contributed by atoms with Crippen LogP contribution in [0.1, 0.15) is 20.7 Å². The molecule has 0 saturated carbocycles. The second-order valence-electron chi connectivity index (χ2n) is 6.37. The van der Waals surface area contributed by atoms with Crippen LogP contribution < -0.4 is 4.90 Å². The predicted octanol–water partition coefficient (Wildman–Crippen LogP) is 2.62. The Balaban J connectivity index is 1.52. The number of rotatable bonds is 2. The van der Waals surface area contributed by atoms with Gasteiger partial charge >= 0.3 is 0 Å². The summed E-state index contributed by atoms with van der Waals surface area (Å²) in [5.74, 6) is -1.04. The van der Waals surface area contributed by atoms with Crippen LogP contribution in [0, 0.1) is 5.82 Å². The maximum absolute atomic E-state index is 13.1. The van der Waals surface area contributed by atoms with E-state index in [0.717, 1.165) is 5.69 Å². The van der Waals surface area contributed by atoms with Gasteiger partial charge in [0, 0.05) is 43.5 Å². The van der Waals surface area contributed by atoms with Crippen LogP contribution in [0.5, 0.6) is 5.75 Å². The summed E-state index contributed by atoms with van der Waals surface area (Å²) in [5.41, 5.74) is 1.62. The highest BCUT2D eigenvalue weighted by Crippen LogP contribution is 2.30. The number of ketones is 2. The number of nitrogens with zero attached hydrogens (tertiary/aromatic N) is 2. The Morgan fingerprint density at radius 1 is 0.885 bits per heavy atom. The summed E-state index contributed by atoms with van der Waals surface area (Å²) in [4.78, 5) is 29.1. The summed E-state index contributed by atoms with van der Waals surface area (Å²) >= 11 is 0. The molecule has 2 aromatic rings. The van der Waals surface area contributed by atoms with Crippen molar-refractivity contribution in [2.45, 2.75) is 0 Å². The molecule has 1 heterocycles. The van der Waals surface area contributed by atoms with Crippen LogP contribution in [0.3, 0.4) is 0 Å². The molecule has 26 heavy (non-hydrogen) atoms. The topological polar surface area (TPSA) is 60.9 Å². The normalized spacial score (nSPS) is 17.2. The van der Waals surface area contributed by atoms with E-state index in [1.165, 1.54) is 24.3 Å². The molecule has 1 N–H and O–H groups in total. The van der Waals surface area contributed by atoms with E-state index < -0.39 is 0 Å². The molecule has 1 fully saturated rings. The molecule has 1 saturated heterocycles. The summed E-state index contributed by atoms with van der Waals surface area (Å²) < 4.78 is 13.1. The van der Waals surface area contributed by atoms with E-state index in [-0.39, 0.29) is 34.3 Å². The number of phenols is 1. The number of anilines is 1. The van der Waals surface area contributed by atoms with Gasteiger partial charge in [-0.1, -0.05) is 6.07 Å². The van der Waals surface area contributed by atoms with Gasteiger partial charge in [0.2, 0.25) is 5.78 Å². The zero-order valence-corrected chi connectivity index (χ0v) is 14.0. The average Bonchev–Trinajstić information content (AvgIpc) is 2.65. The lowest BCUT2D eigenvalue weighted by atomic mass is 9.91. The van der Waals surface area contributed by atoms with Gasteiger partial charge in [0.15, 0.2) is 5.78 Å². The van der Waals surface area contributed by atoms with E-state index in [1.54, 1.807) is 24.3 Å². The zero-order chi connectivity index (χ0) is 18.3. The Labute approximate surface area is 150 Å². The number of hydrogen-bond donors (Lipinski definition) is 1. The van der Waals surface area contributed by atoms with Crippen LogP contribution >= 0.6 is 0 Å². The molecule has 0 aromatic heterocycles. The van der Waals surface area contributed by atoms with Crippen molar-refractivity contribution in [3.8, 4) is 5.75 Å². The lowest BCUT2D eigenvalue weighted by Crippen LogP contribution is -2.47. The molecule has 1 aliphatic heterocycles. The smallest absolute Gasteiger partial charge is 0.210 e. The van der Waals surface area contributed by atoms with Gasteiger partial charge in [-0.25, -0.2) is 4.39 Å². The molecule has 6 heteroatoms. The highest BCUT2D eigenvalue weighted by molar-refractivity contribution is 6.25. The summed E-state index contributed by atoms with van der Waals surface area (Å²) in [7, 11) is 0. The number of allylic oxidation sites excluding steroid dienone is 2. The van der Waals surface area contributed by atoms with Crippen molar-refractivity contribution in [2.75, 3.05) is 31.1 Å². The van der Waals surface area contributed by atoms with Crippen molar-refractivity contribution in [3.63, 3.8) is 0 Å². The molecule has 4 rings (SSSR count). The van der Waals surface area contributed by atoms with Gasteiger partial charge in [-0.15, -0.1) is 0 Å². The summed E-state index contributed by atoms with van der Waals surface area (Å²) in [6, 6.07) is 10.9. The van der Waals surface area contributed by atoms with Gasteiger partial charge in [0.1, 0.15) is 11.6 Å². The zero-order valence-electron chi connectivity index (χ0n) is 14.0. The predicted molar refractivity (Wildman–Crippen MR) is 95.0 cm³/mol. The first kappa shape index (κ1) is 16.3. The van der Waals surface area contributed by atoms with Gasteiger partial charge in [-0.05, 0) is 36.4 Å². The molecule has 132 valence electrons. The quantitative estimate of drug-likeness (QED) is 0.900. The van der Waals surface area contributed by atoms with Crippen LogP contribution in [-0.4, -0.2) is 47.8 Å². The number of carbonyl (C=O) groups excluding carboxylic acids is 2. The minimum Gasteiger partial charge on any atom is -0.507 e. The largest absolute Gasteiger partial charge is 0.507 e. The van der Waals surface area contributed by atoms with E-state index in [2.05, 4.69) is 4.90 Å². The van der Waals surface area contributed by atoms with Gasteiger partial charge in [0.25, 0.3) is 0 Å². The monoisotopic (exact) mass is 352 g/mol. The van der Waals surface area contributed by atoms with E-state index in [1.807, 2.05) is 4.90 Å². The molecule has 0 unspecified atom stereocenters. The Kier molecular flexibility index (Phi) is 3.95. The fourth-order valence-corrected chi connectivity index (χ4v) is 3.48. The molecule has 0 atom stereocenters. The van der Waals surface area contributed by atoms with Crippen LogP contribution in [0.2, 0.25) is 0 Å². The minimum absolute atomic E-state index is 0.0752. The standard InChI is InChI=1S/C20H17FN2O3/c21-13-4-6-14(7-5-13)22-8-10-23(11-9-22)16-12-18(25)19-15(20(16)26)2-1-3-17(19)24/h1-7,12,24H,8-11H2. The summed E-state index contributed by atoms with van der Waals surface area (Å²) in [6.07, 6.45) is 1.32. The lowest BCUT2D eigenvalue weighted by Gasteiger charge is -2.38. The Morgan fingerprint density at radius 2 is 1.54 bits per heavy atom. The molecule has 0 radical (unpaired) electrons. The van der Waals surface area contributed by atoms with Crippen LogP contribution in [0.25, 0.3) is 0 Å². The van der Waals surface area contributed by atoms with Crippen molar-refractivity contribution < 1.29 is 19.1 Å². The Morgan fingerprint density at radius 3 is 2.23 bits per heavy atom. The Bertz CT molecular complexity index is 913. The number of piperazine rings is 1. The molecule has 2 aliphatic rings. The third-order valence-corrected chi connectivity index (χ3v) is 4.85. The van der Waals surface area contributed by atoms with Gasteiger partial charge in [-0.3, -0.25) is 9.59 Å². The highest BCUT2D eigenvalue weighted by Gasteiger charge is 2.32. The van der Waals surface area contributed by atoms with Crippen molar-refractivity contribution in [3.05, 3.63) is 71.2 Å². The van der Waals surface area contributed by atoms with Crippen molar-refractivity contribution >= 4 is 17.3 Å². The summed E-state index contributed by atoms with van der Waals surface area (Å²) in [6.45, 7) is 2.49. The van der Waals surface area contributed by atoms with Crippen molar-refractivity contribution in [2.24, 2.45) is 0 Å². The number of halogens is 1. The second kappa shape index (κ2) is 6.29. The molecule has 0 amide bonds. The Hall–Kier alpha value is -3.15. The maximum Gasteiger partial charge on any atom is 0.210 e. The molecule has 1 aliphatic carbocycles. The highest BCUT2D eigenvalue weighted by atomic mass is 19.1. The third-order valence-electron chi connectivity index (χ3n) is 4.85. The first-order valence-corrected chi connectivity index (χ1v) is 8.43. The van der Waals surface area contributed by atoms with E-state index in [0.29, 0.717) is 31.9 Å². The summed E-state index contributed by atoms with van der Waals surface area (Å²) in [5, 5.41) is 9.87. The van der Waals surface area contributed by atoms with Crippen LogP contribution in [0.4, 0.5) is 10.1 Å². The van der Waals surface area contributed by atoms with Crippen molar-refractivity contribution in [1.29, 1.82) is 0 Å². The van der Waals surface area contributed by atoms with Gasteiger partial charge in [-0.2, -0.15) is 0 Å². The second-order valence-corrected chi connectivity index (χ2v) is 6.37. The molecule has 0 spiro atoms. The van der Waals surface area contributed by atoms with E-state index in [4.69, 9.17) is 0 Å². The third kappa shape index (κ3) is 2.73. The van der Waals surface area contributed by atoms with Crippen LogP contribution in [0.15, 0.2) is 54.2 Å². The van der Waals surface area contributed by atoms with Gasteiger partial charge in [0.05, 0.1) is 11.3 Å². The van der Waals surface area contributed by atoms with E-state index >= 15 is 0 Å². The number of Topliss-reactive ketones (excluding diaryl/α,β-unsaturated/α-hetero) is 1. The molecular formula is C20H17FN2O3. The molecule has 2 aromatic carbocycles. The molecule has 0 bridgehead atoms. The molecular weight excluding hydrogens is 335 g/mol. The van der Waals surface area contributed by atoms with Gasteiger partial charge < -0.3 is 14.9 Å². The van der Waals surface area contributed by atoms with E-state index in [9.17, 15) is 19.1 Å². The van der Waals surface area contributed by atoms with Crippen LogP contribution in [-0.2, 0) is 0 Å². The van der Waals surface area contributed by atoms with Crippen molar-refractivity contribution in [1.82, 2.24) is 4.90 Å². The maximum atomic E-state index is 13.1. The average molecular weight is 352 g/mol.